The summed E-state index contributed by atoms with van der Waals surface area (Å²) < 4.78 is 43.1. The van der Waals surface area contributed by atoms with Crippen molar-refractivity contribution in [1.29, 1.82) is 0 Å². The van der Waals surface area contributed by atoms with Gasteiger partial charge in [0, 0.05) is 42.3 Å². The Labute approximate surface area is 178 Å². The molecular formula is C24H23F3N2O2. The number of hydrogen-bond donors (Lipinski definition) is 1. The van der Waals surface area contributed by atoms with Gasteiger partial charge in [-0.1, -0.05) is 19.1 Å². The highest BCUT2D eigenvalue weighted by atomic mass is 19.1. The van der Waals surface area contributed by atoms with Gasteiger partial charge in [-0.15, -0.1) is 0 Å². The smallest absolute Gasteiger partial charge is 0.254 e. The highest BCUT2D eigenvalue weighted by Gasteiger charge is 2.44. The SMILES string of the molecule is CCCN1Cc2c(F)ccc(F)c2C(C(=O)N[C@H](c2cccc(F)c2)C2CC2=O)=C1C. The minimum Gasteiger partial charge on any atom is -0.370 e. The van der Waals surface area contributed by atoms with E-state index in [1.165, 1.54) is 18.2 Å². The number of carbonyl (C=O) groups excluding carboxylic acids is 2. The quantitative estimate of drug-likeness (QED) is 0.737. The summed E-state index contributed by atoms with van der Waals surface area (Å²) in [6.07, 6.45) is 1.04. The molecule has 1 saturated carbocycles. The number of amides is 1. The highest BCUT2D eigenvalue weighted by molar-refractivity contribution is 6.21. The van der Waals surface area contributed by atoms with Crippen molar-refractivity contribution in [2.45, 2.75) is 39.3 Å². The molecule has 7 heteroatoms. The van der Waals surface area contributed by atoms with E-state index in [0.717, 1.165) is 18.6 Å². The highest BCUT2D eigenvalue weighted by Crippen LogP contribution is 2.40. The van der Waals surface area contributed by atoms with E-state index in [0.29, 0.717) is 17.8 Å². The normalized spacial score (nSPS) is 18.7. The number of rotatable bonds is 6. The van der Waals surface area contributed by atoms with Crippen LogP contribution in [0.2, 0.25) is 0 Å². The first-order valence-electron chi connectivity index (χ1n) is 10.3. The molecule has 2 aromatic rings. The van der Waals surface area contributed by atoms with Crippen LogP contribution >= 0.6 is 0 Å². The standard InChI is InChI=1S/C24H23F3N2O2/c1-3-9-29-12-17-18(26)7-8-19(27)22(17)21(13(29)2)24(31)28-23(16-11-20(16)30)14-5-4-6-15(25)10-14/h4-8,10,16,23H,3,9,11-12H2,1-2H3,(H,28,31)/t16?,23-/m1/s1. The predicted molar refractivity (Wildman–Crippen MR) is 110 cm³/mol. The first-order valence-corrected chi connectivity index (χ1v) is 10.3. The molecule has 0 bridgehead atoms. The molecule has 1 aliphatic heterocycles. The van der Waals surface area contributed by atoms with Crippen molar-refractivity contribution in [3.63, 3.8) is 0 Å². The molecule has 2 aliphatic rings. The summed E-state index contributed by atoms with van der Waals surface area (Å²) in [5.74, 6) is -2.84. The van der Waals surface area contributed by atoms with Gasteiger partial charge in [0.05, 0.1) is 11.6 Å². The van der Waals surface area contributed by atoms with Crippen molar-refractivity contribution in [3.8, 4) is 0 Å². The maximum Gasteiger partial charge on any atom is 0.254 e. The predicted octanol–water partition coefficient (Wildman–Crippen LogP) is 4.51. The molecule has 1 fully saturated rings. The molecule has 0 spiro atoms. The number of benzene rings is 2. The second-order valence-electron chi connectivity index (χ2n) is 8.05. The average Bonchev–Trinajstić information content (AvgIpc) is 3.46. The van der Waals surface area contributed by atoms with Crippen LogP contribution in [0.25, 0.3) is 5.57 Å². The zero-order valence-corrected chi connectivity index (χ0v) is 17.3. The summed E-state index contributed by atoms with van der Waals surface area (Å²) in [6.45, 7) is 4.41. The monoisotopic (exact) mass is 428 g/mol. The van der Waals surface area contributed by atoms with E-state index in [2.05, 4.69) is 5.32 Å². The van der Waals surface area contributed by atoms with Crippen LogP contribution in [0.15, 0.2) is 42.1 Å². The van der Waals surface area contributed by atoms with Crippen molar-refractivity contribution >= 4 is 17.3 Å². The van der Waals surface area contributed by atoms with Gasteiger partial charge >= 0.3 is 0 Å². The van der Waals surface area contributed by atoms with Crippen molar-refractivity contribution in [1.82, 2.24) is 10.2 Å². The Kier molecular flexibility index (Phi) is 5.60. The van der Waals surface area contributed by atoms with Crippen LogP contribution in [0.3, 0.4) is 0 Å². The fourth-order valence-electron chi connectivity index (χ4n) is 4.25. The Bertz CT molecular complexity index is 1100. The van der Waals surface area contributed by atoms with E-state index in [9.17, 15) is 22.8 Å². The topological polar surface area (TPSA) is 49.4 Å². The number of fused-ring (bicyclic) bond motifs is 1. The van der Waals surface area contributed by atoms with E-state index in [1.807, 2.05) is 11.8 Å². The molecular weight excluding hydrogens is 405 g/mol. The molecule has 4 nitrogen and oxygen atoms in total. The van der Waals surface area contributed by atoms with Gasteiger partial charge in [-0.25, -0.2) is 13.2 Å². The molecule has 0 saturated heterocycles. The summed E-state index contributed by atoms with van der Waals surface area (Å²) in [6, 6.07) is 7.04. The van der Waals surface area contributed by atoms with Gasteiger partial charge in [-0.3, -0.25) is 9.59 Å². The van der Waals surface area contributed by atoms with Gasteiger partial charge in [-0.2, -0.15) is 0 Å². The van der Waals surface area contributed by atoms with Gasteiger partial charge in [0.2, 0.25) is 0 Å². The van der Waals surface area contributed by atoms with Gasteiger partial charge < -0.3 is 10.2 Å². The maximum absolute atomic E-state index is 14.8. The molecule has 1 unspecified atom stereocenters. The van der Waals surface area contributed by atoms with Crippen LogP contribution in [-0.2, 0) is 16.1 Å². The lowest BCUT2D eigenvalue weighted by Gasteiger charge is -2.34. The Morgan fingerprint density at radius 1 is 1.19 bits per heavy atom. The molecule has 1 N–H and O–H groups in total. The Morgan fingerprint density at radius 3 is 2.55 bits per heavy atom. The minimum absolute atomic E-state index is 0.0332. The fraction of sp³-hybridized carbons (Fsp3) is 0.333. The average molecular weight is 428 g/mol. The third-order valence-electron chi connectivity index (χ3n) is 5.93. The van der Waals surface area contributed by atoms with Crippen molar-refractivity contribution in [3.05, 3.63) is 76.2 Å². The zero-order valence-electron chi connectivity index (χ0n) is 17.3. The largest absolute Gasteiger partial charge is 0.370 e. The van der Waals surface area contributed by atoms with E-state index in [-0.39, 0.29) is 35.4 Å². The number of allylic oxidation sites excluding steroid dienone is 1. The molecule has 2 atom stereocenters. The van der Waals surface area contributed by atoms with Crippen LogP contribution in [0.1, 0.15) is 49.4 Å². The summed E-state index contributed by atoms with van der Waals surface area (Å²) in [4.78, 5) is 27.1. The van der Waals surface area contributed by atoms with Gasteiger partial charge in [0.15, 0.2) is 0 Å². The van der Waals surface area contributed by atoms with Crippen molar-refractivity contribution < 1.29 is 22.8 Å². The van der Waals surface area contributed by atoms with E-state index >= 15 is 0 Å². The second kappa shape index (κ2) is 8.21. The molecule has 0 radical (unpaired) electrons. The van der Waals surface area contributed by atoms with Crippen LogP contribution in [0, 0.1) is 23.4 Å². The first-order chi connectivity index (χ1) is 14.8. The lowest BCUT2D eigenvalue weighted by atomic mass is 9.91. The summed E-state index contributed by atoms with van der Waals surface area (Å²) in [7, 11) is 0. The molecule has 2 aromatic carbocycles. The maximum atomic E-state index is 14.8. The van der Waals surface area contributed by atoms with Crippen LogP contribution in [-0.4, -0.2) is 23.1 Å². The Morgan fingerprint density at radius 2 is 1.90 bits per heavy atom. The van der Waals surface area contributed by atoms with Gasteiger partial charge in [0.25, 0.3) is 5.91 Å². The first kappa shape index (κ1) is 21.2. The Hall–Kier alpha value is -3.09. The number of Topliss-reactive ketones (excluding diaryl/α,β-unsaturated/α-hetero) is 1. The molecule has 0 aromatic heterocycles. The van der Waals surface area contributed by atoms with Crippen LogP contribution < -0.4 is 5.32 Å². The number of nitrogens with zero attached hydrogens (tertiary/aromatic N) is 1. The number of carbonyl (C=O) groups is 2. The summed E-state index contributed by atoms with van der Waals surface area (Å²) in [5.41, 5.74) is 1.12. The fourth-order valence-corrected chi connectivity index (χ4v) is 4.25. The van der Waals surface area contributed by atoms with Crippen molar-refractivity contribution in [2.24, 2.45) is 5.92 Å². The summed E-state index contributed by atoms with van der Waals surface area (Å²) >= 11 is 0. The number of nitrogens with one attached hydrogen (secondary N) is 1. The van der Waals surface area contributed by atoms with Gasteiger partial charge in [0.1, 0.15) is 23.2 Å². The lowest BCUT2D eigenvalue weighted by Crippen LogP contribution is -2.36. The molecule has 31 heavy (non-hydrogen) atoms. The van der Waals surface area contributed by atoms with E-state index < -0.39 is 35.3 Å². The van der Waals surface area contributed by atoms with Crippen LogP contribution in [0.4, 0.5) is 13.2 Å². The molecule has 1 aliphatic carbocycles. The van der Waals surface area contributed by atoms with Crippen LogP contribution in [0.5, 0.6) is 0 Å². The number of ketones is 1. The molecule has 162 valence electrons. The number of hydrogen-bond acceptors (Lipinski definition) is 3. The summed E-state index contributed by atoms with van der Waals surface area (Å²) in [5, 5.41) is 2.80. The van der Waals surface area contributed by atoms with Crippen molar-refractivity contribution in [2.75, 3.05) is 6.54 Å². The molecule has 4 rings (SSSR count). The number of halogens is 3. The second-order valence-corrected chi connectivity index (χ2v) is 8.05. The lowest BCUT2D eigenvalue weighted by molar-refractivity contribution is -0.116. The molecule has 1 heterocycles. The minimum atomic E-state index is -0.738. The van der Waals surface area contributed by atoms with E-state index in [1.54, 1.807) is 13.0 Å². The van der Waals surface area contributed by atoms with E-state index in [4.69, 9.17) is 0 Å². The third-order valence-corrected chi connectivity index (χ3v) is 5.93. The zero-order chi connectivity index (χ0) is 22.3. The third kappa shape index (κ3) is 3.96. The van der Waals surface area contributed by atoms with Gasteiger partial charge in [-0.05, 0) is 43.2 Å². The Balaban J connectivity index is 1.76. The molecule has 1 amide bonds.